The topological polar surface area (TPSA) is 58.1 Å². The van der Waals surface area contributed by atoms with Gasteiger partial charge in [-0.05, 0) is 30.9 Å². The largest absolute Gasteiger partial charge is 0.348 e. The fourth-order valence-corrected chi connectivity index (χ4v) is 3.70. The Morgan fingerprint density at radius 2 is 1.96 bits per heavy atom. The van der Waals surface area contributed by atoms with Crippen LogP contribution in [0.2, 0.25) is 0 Å². The first-order valence-electron chi connectivity index (χ1n) is 8.79. The molecule has 1 amide bonds. The molecule has 1 aliphatic carbocycles. The molecule has 0 unspecified atom stereocenters. The molecule has 124 valence electrons. The third-order valence-electron chi connectivity index (χ3n) is 4.99. The van der Waals surface area contributed by atoms with Crippen molar-refractivity contribution in [3.05, 3.63) is 47.9 Å². The molecule has 1 fully saturated rings. The van der Waals surface area contributed by atoms with Crippen LogP contribution in [0.3, 0.4) is 0 Å². The second kappa shape index (κ2) is 6.59. The second-order valence-electron chi connectivity index (χ2n) is 6.60. The van der Waals surface area contributed by atoms with Gasteiger partial charge in [0.15, 0.2) is 0 Å². The van der Waals surface area contributed by atoms with Crippen molar-refractivity contribution < 1.29 is 4.79 Å². The summed E-state index contributed by atoms with van der Waals surface area (Å²) in [5.74, 6) is 0.710. The highest BCUT2D eigenvalue weighted by Crippen LogP contribution is 2.33. The van der Waals surface area contributed by atoms with E-state index >= 15 is 0 Å². The van der Waals surface area contributed by atoms with Gasteiger partial charge in [0, 0.05) is 24.3 Å². The third-order valence-corrected chi connectivity index (χ3v) is 4.99. The van der Waals surface area contributed by atoms with E-state index in [0.717, 1.165) is 31.6 Å². The van der Waals surface area contributed by atoms with Crippen LogP contribution in [-0.4, -0.2) is 28.5 Å². The van der Waals surface area contributed by atoms with Crippen LogP contribution in [0.25, 0.3) is 0 Å². The van der Waals surface area contributed by atoms with E-state index in [1.54, 1.807) is 6.07 Å². The zero-order valence-electron chi connectivity index (χ0n) is 13.7. The highest BCUT2D eigenvalue weighted by Gasteiger charge is 2.23. The normalized spacial score (nSPS) is 17.6. The van der Waals surface area contributed by atoms with Gasteiger partial charge in [-0.3, -0.25) is 4.79 Å². The minimum absolute atomic E-state index is 0.0852. The molecule has 2 heterocycles. The van der Waals surface area contributed by atoms with Crippen molar-refractivity contribution in [1.29, 1.82) is 0 Å². The van der Waals surface area contributed by atoms with Gasteiger partial charge < -0.3 is 10.2 Å². The van der Waals surface area contributed by atoms with E-state index in [-0.39, 0.29) is 11.9 Å². The van der Waals surface area contributed by atoms with Gasteiger partial charge >= 0.3 is 0 Å². The Bertz CT molecular complexity index is 740. The van der Waals surface area contributed by atoms with Gasteiger partial charge in [0.1, 0.15) is 17.8 Å². The number of nitrogens with zero attached hydrogens (tertiary/aromatic N) is 3. The van der Waals surface area contributed by atoms with E-state index in [1.165, 1.54) is 36.8 Å². The first-order valence-corrected chi connectivity index (χ1v) is 8.79. The van der Waals surface area contributed by atoms with Gasteiger partial charge in [-0.2, -0.15) is 0 Å². The van der Waals surface area contributed by atoms with Crippen LogP contribution in [0.15, 0.2) is 36.7 Å². The van der Waals surface area contributed by atoms with E-state index in [0.29, 0.717) is 5.69 Å². The van der Waals surface area contributed by atoms with Crippen molar-refractivity contribution in [1.82, 2.24) is 15.3 Å². The quantitative estimate of drug-likeness (QED) is 0.942. The molecular formula is C19H22N4O. The molecule has 0 radical (unpaired) electrons. The van der Waals surface area contributed by atoms with Crippen LogP contribution in [-0.2, 0) is 6.42 Å². The minimum atomic E-state index is -0.0852. The first kappa shape index (κ1) is 15.1. The van der Waals surface area contributed by atoms with Crippen molar-refractivity contribution in [2.45, 2.75) is 44.6 Å². The lowest BCUT2D eigenvalue weighted by atomic mass is 9.95. The molecule has 2 aromatic rings. The molecule has 2 aliphatic rings. The number of carbonyl (C=O) groups is 1. The fourth-order valence-electron chi connectivity index (χ4n) is 3.70. The average Bonchev–Trinajstić information content (AvgIpc) is 3.07. The van der Waals surface area contributed by atoms with Crippen molar-refractivity contribution in [3.63, 3.8) is 0 Å². The standard InChI is InChI=1S/C19H22N4O/c24-19(22-15-7-2-1-3-8-15)16-12-18(21-13-20-16)23-11-10-14-6-4-5-9-17(14)23/h4-6,9,12-13,15H,1-3,7-8,10-11H2,(H,22,24). The summed E-state index contributed by atoms with van der Waals surface area (Å²) in [5.41, 5.74) is 2.95. The molecule has 0 bridgehead atoms. The second-order valence-corrected chi connectivity index (χ2v) is 6.60. The fraction of sp³-hybridized carbons (Fsp3) is 0.421. The van der Waals surface area contributed by atoms with E-state index in [9.17, 15) is 4.79 Å². The highest BCUT2D eigenvalue weighted by atomic mass is 16.1. The molecule has 5 heteroatoms. The van der Waals surface area contributed by atoms with E-state index in [4.69, 9.17) is 0 Å². The Morgan fingerprint density at radius 1 is 1.12 bits per heavy atom. The maximum Gasteiger partial charge on any atom is 0.270 e. The maximum absolute atomic E-state index is 12.5. The van der Waals surface area contributed by atoms with Crippen LogP contribution < -0.4 is 10.2 Å². The van der Waals surface area contributed by atoms with Crippen molar-refractivity contribution in [2.75, 3.05) is 11.4 Å². The summed E-state index contributed by atoms with van der Waals surface area (Å²) in [6.07, 6.45) is 8.32. The lowest BCUT2D eigenvalue weighted by molar-refractivity contribution is 0.0922. The molecular weight excluding hydrogens is 300 g/mol. The molecule has 0 spiro atoms. The number of anilines is 2. The van der Waals surface area contributed by atoms with E-state index in [1.807, 2.05) is 6.07 Å². The van der Waals surface area contributed by atoms with Crippen molar-refractivity contribution >= 4 is 17.4 Å². The number of hydrogen-bond acceptors (Lipinski definition) is 4. The Hall–Kier alpha value is -2.43. The Balaban J connectivity index is 1.53. The monoisotopic (exact) mass is 322 g/mol. The van der Waals surface area contributed by atoms with Crippen LogP contribution in [0.1, 0.15) is 48.2 Å². The summed E-state index contributed by atoms with van der Waals surface area (Å²) in [7, 11) is 0. The number of carbonyl (C=O) groups excluding carboxylic acids is 1. The van der Waals surface area contributed by atoms with E-state index in [2.05, 4.69) is 38.4 Å². The summed E-state index contributed by atoms with van der Waals surface area (Å²) in [4.78, 5) is 23.2. The van der Waals surface area contributed by atoms with Gasteiger partial charge in [0.2, 0.25) is 0 Å². The molecule has 0 atom stereocenters. The number of para-hydroxylation sites is 1. The maximum atomic E-state index is 12.5. The van der Waals surface area contributed by atoms with Crippen LogP contribution in [0, 0.1) is 0 Å². The number of rotatable bonds is 3. The van der Waals surface area contributed by atoms with Gasteiger partial charge in [-0.1, -0.05) is 37.5 Å². The molecule has 1 aromatic carbocycles. The van der Waals surface area contributed by atoms with Gasteiger partial charge in [0.05, 0.1) is 0 Å². The highest BCUT2D eigenvalue weighted by molar-refractivity contribution is 5.93. The molecule has 5 nitrogen and oxygen atoms in total. The predicted molar refractivity (Wildman–Crippen MR) is 93.5 cm³/mol. The van der Waals surface area contributed by atoms with Crippen LogP contribution in [0.5, 0.6) is 0 Å². The molecule has 1 saturated carbocycles. The van der Waals surface area contributed by atoms with Crippen LogP contribution in [0.4, 0.5) is 11.5 Å². The molecule has 1 N–H and O–H groups in total. The lowest BCUT2D eigenvalue weighted by Gasteiger charge is -2.23. The summed E-state index contributed by atoms with van der Waals surface area (Å²) in [6, 6.07) is 10.4. The zero-order valence-corrected chi connectivity index (χ0v) is 13.7. The van der Waals surface area contributed by atoms with Gasteiger partial charge in [-0.25, -0.2) is 9.97 Å². The van der Waals surface area contributed by atoms with Crippen molar-refractivity contribution in [2.24, 2.45) is 0 Å². The Morgan fingerprint density at radius 3 is 2.83 bits per heavy atom. The lowest BCUT2D eigenvalue weighted by Crippen LogP contribution is -2.36. The SMILES string of the molecule is O=C(NC1CCCCC1)c1cc(N2CCc3ccccc32)ncn1. The smallest absolute Gasteiger partial charge is 0.270 e. The first-order chi connectivity index (χ1) is 11.8. The molecule has 4 rings (SSSR count). The third kappa shape index (κ3) is 2.98. The summed E-state index contributed by atoms with van der Waals surface area (Å²) < 4.78 is 0. The number of amides is 1. The van der Waals surface area contributed by atoms with Gasteiger partial charge in [0.25, 0.3) is 5.91 Å². The number of fused-ring (bicyclic) bond motifs is 1. The average molecular weight is 322 g/mol. The van der Waals surface area contributed by atoms with Gasteiger partial charge in [-0.15, -0.1) is 0 Å². The Labute approximate surface area is 142 Å². The number of benzene rings is 1. The molecule has 1 aromatic heterocycles. The van der Waals surface area contributed by atoms with Crippen LogP contribution >= 0.6 is 0 Å². The molecule has 1 aliphatic heterocycles. The zero-order chi connectivity index (χ0) is 16.4. The van der Waals surface area contributed by atoms with E-state index < -0.39 is 0 Å². The summed E-state index contributed by atoms with van der Waals surface area (Å²) in [6.45, 7) is 0.889. The molecule has 0 saturated heterocycles. The number of aromatic nitrogens is 2. The number of nitrogens with one attached hydrogen (secondary N) is 1. The van der Waals surface area contributed by atoms with Crippen molar-refractivity contribution in [3.8, 4) is 0 Å². The summed E-state index contributed by atoms with van der Waals surface area (Å²) in [5, 5.41) is 3.12. The summed E-state index contributed by atoms with van der Waals surface area (Å²) >= 11 is 0. The predicted octanol–water partition coefficient (Wildman–Crippen LogP) is 3.23. The number of hydrogen-bond donors (Lipinski definition) is 1. The minimum Gasteiger partial charge on any atom is -0.348 e. The Kier molecular flexibility index (Phi) is 4.15. The molecule has 24 heavy (non-hydrogen) atoms.